The summed E-state index contributed by atoms with van der Waals surface area (Å²) in [5.41, 5.74) is -0.678. The Hall–Kier alpha value is -1.08. The highest BCUT2D eigenvalue weighted by atomic mass is 79.9. The first kappa shape index (κ1) is 15.0. The van der Waals surface area contributed by atoms with Crippen molar-refractivity contribution in [2.24, 2.45) is 0 Å². The minimum Gasteiger partial charge on any atom is -0.461 e. The molecule has 0 saturated heterocycles. The maximum absolute atomic E-state index is 13.5. The lowest BCUT2D eigenvalue weighted by Gasteiger charge is -2.21. The number of aliphatic hydroxyl groups is 1. The summed E-state index contributed by atoms with van der Waals surface area (Å²) in [6.07, 6.45) is -2.60. The number of alkyl halides is 2. The first-order chi connectivity index (χ1) is 8.30. The van der Waals surface area contributed by atoms with E-state index in [0.717, 1.165) is 12.1 Å². The van der Waals surface area contributed by atoms with Crippen LogP contribution in [0.2, 0.25) is 0 Å². The molecule has 1 aromatic carbocycles. The van der Waals surface area contributed by atoms with Crippen LogP contribution in [0.4, 0.5) is 13.2 Å². The molecule has 0 aromatic heterocycles. The second-order valence-corrected chi connectivity index (χ2v) is 4.33. The number of carbonyl (C=O) groups excluding carboxylic acids is 1. The second kappa shape index (κ2) is 5.71. The van der Waals surface area contributed by atoms with E-state index in [4.69, 9.17) is 0 Å². The van der Waals surface area contributed by atoms with Gasteiger partial charge in [0, 0.05) is 10.0 Å². The van der Waals surface area contributed by atoms with E-state index in [0.29, 0.717) is 4.47 Å². The van der Waals surface area contributed by atoms with Gasteiger partial charge in [0.2, 0.25) is 0 Å². The molecule has 1 atom stereocenters. The Morgan fingerprint density at radius 2 is 2.17 bits per heavy atom. The van der Waals surface area contributed by atoms with E-state index in [2.05, 4.69) is 20.7 Å². The van der Waals surface area contributed by atoms with Gasteiger partial charge in [-0.25, -0.2) is 9.18 Å². The van der Waals surface area contributed by atoms with Crippen LogP contribution in [0.1, 0.15) is 18.6 Å². The number of halogens is 4. The maximum atomic E-state index is 13.5. The average Bonchev–Trinajstić information content (AvgIpc) is 2.31. The summed E-state index contributed by atoms with van der Waals surface area (Å²) in [6.45, 7) is 1.09. The molecule has 0 amide bonds. The van der Waals surface area contributed by atoms with Crippen molar-refractivity contribution in [1.29, 1.82) is 0 Å². The van der Waals surface area contributed by atoms with Crippen LogP contribution in [0.25, 0.3) is 0 Å². The van der Waals surface area contributed by atoms with Crippen LogP contribution in [0.5, 0.6) is 0 Å². The van der Waals surface area contributed by atoms with Gasteiger partial charge in [-0.1, -0.05) is 15.9 Å². The zero-order chi connectivity index (χ0) is 13.9. The van der Waals surface area contributed by atoms with Crippen LogP contribution in [-0.2, 0) is 9.53 Å². The SMILES string of the molecule is CCOC(=O)C(F)(F)C(O)c1cc(Br)ccc1F. The molecule has 0 aliphatic carbocycles. The number of hydrogen-bond donors (Lipinski definition) is 1. The molecule has 0 aliphatic heterocycles. The van der Waals surface area contributed by atoms with E-state index >= 15 is 0 Å². The molecule has 0 aliphatic rings. The van der Waals surface area contributed by atoms with Crippen molar-refractivity contribution in [1.82, 2.24) is 0 Å². The van der Waals surface area contributed by atoms with E-state index in [9.17, 15) is 23.1 Å². The second-order valence-electron chi connectivity index (χ2n) is 3.41. The summed E-state index contributed by atoms with van der Waals surface area (Å²) in [4.78, 5) is 11.0. The number of benzene rings is 1. The van der Waals surface area contributed by atoms with Crippen LogP contribution < -0.4 is 0 Å². The summed E-state index contributed by atoms with van der Waals surface area (Å²) in [6, 6.07) is 3.17. The van der Waals surface area contributed by atoms with E-state index in [-0.39, 0.29) is 6.61 Å². The Bertz CT molecular complexity index is 451. The predicted molar refractivity (Wildman–Crippen MR) is 60.6 cm³/mol. The third-order valence-corrected chi connectivity index (χ3v) is 2.64. The molecule has 0 saturated carbocycles. The van der Waals surface area contributed by atoms with Crippen molar-refractivity contribution in [3.8, 4) is 0 Å². The van der Waals surface area contributed by atoms with E-state index < -0.39 is 29.4 Å². The molecule has 0 fully saturated rings. The fourth-order valence-electron chi connectivity index (χ4n) is 1.26. The van der Waals surface area contributed by atoms with Crippen molar-refractivity contribution in [2.45, 2.75) is 19.0 Å². The third-order valence-electron chi connectivity index (χ3n) is 2.14. The van der Waals surface area contributed by atoms with Crippen molar-refractivity contribution < 1.29 is 27.8 Å². The van der Waals surface area contributed by atoms with Crippen molar-refractivity contribution in [2.75, 3.05) is 6.61 Å². The zero-order valence-electron chi connectivity index (χ0n) is 9.29. The number of esters is 1. The van der Waals surface area contributed by atoms with Gasteiger partial charge >= 0.3 is 11.9 Å². The molecular formula is C11H10BrF3O3. The van der Waals surface area contributed by atoms with Gasteiger partial charge in [-0.15, -0.1) is 0 Å². The molecule has 7 heteroatoms. The summed E-state index contributed by atoms with van der Waals surface area (Å²) < 4.78 is 44.8. The van der Waals surface area contributed by atoms with Crippen LogP contribution in [-0.4, -0.2) is 23.6 Å². The van der Waals surface area contributed by atoms with Crippen LogP contribution in [0.15, 0.2) is 22.7 Å². The minimum atomic E-state index is -4.21. The maximum Gasteiger partial charge on any atom is 0.380 e. The van der Waals surface area contributed by atoms with Gasteiger partial charge < -0.3 is 9.84 Å². The van der Waals surface area contributed by atoms with Crippen LogP contribution in [0.3, 0.4) is 0 Å². The Kier molecular flexibility index (Phi) is 4.75. The Morgan fingerprint density at radius 1 is 1.56 bits per heavy atom. The van der Waals surface area contributed by atoms with Gasteiger partial charge in [0.15, 0.2) is 6.10 Å². The molecule has 1 rings (SSSR count). The fourth-order valence-corrected chi connectivity index (χ4v) is 1.64. The number of aliphatic hydroxyl groups excluding tert-OH is 1. The molecule has 18 heavy (non-hydrogen) atoms. The lowest BCUT2D eigenvalue weighted by molar-refractivity contribution is -0.189. The molecule has 0 radical (unpaired) electrons. The molecule has 0 heterocycles. The Balaban J connectivity index is 3.08. The first-order valence-electron chi connectivity index (χ1n) is 4.98. The number of carbonyl (C=O) groups is 1. The highest BCUT2D eigenvalue weighted by Gasteiger charge is 2.49. The van der Waals surface area contributed by atoms with Gasteiger partial charge in [-0.05, 0) is 25.1 Å². The van der Waals surface area contributed by atoms with Crippen LogP contribution >= 0.6 is 15.9 Å². The standard InChI is InChI=1S/C11H10BrF3O3/c1-2-18-10(17)11(14,15)9(16)7-5-6(12)3-4-8(7)13/h3-5,9,16H,2H2,1H3. The lowest BCUT2D eigenvalue weighted by atomic mass is 10.0. The highest BCUT2D eigenvalue weighted by molar-refractivity contribution is 9.10. The molecule has 100 valence electrons. The molecule has 0 bridgehead atoms. The largest absolute Gasteiger partial charge is 0.461 e. The van der Waals surface area contributed by atoms with E-state index in [1.807, 2.05) is 0 Å². The summed E-state index contributed by atoms with van der Waals surface area (Å²) >= 11 is 2.96. The van der Waals surface area contributed by atoms with Gasteiger partial charge in [0.25, 0.3) is 0 Å². The monoisotopic (exact) mass is 326 g/mol. The molecule has 3 nitrogen and oxygen atoms in total. The summed E-state index contributed by atoms with van der Waals surface area (Å²) in [7, 11) is 0. The van der Waals surface area contributed by atoms with Crippen molar-refractivity contribution in [3.63, 3.8) is 0 Å². The predicted octanol–water partition coefficient (Wildman–Crippen LogP) is 2.82. The van der Waals surface area contributed by atoms with E-state index in [1.54, 1.807) is 0 Å². The Morgan fingerprint density at radius 3 is 2.72 bits per heavy atom. The van der Waals surface area contributed by atoms with E-state index in [1.165, 1.54) is 13.0 Å². The normalized spacial score (nSPS) is 13.2. The number of hydrogen-bond acceptors (Lipinski definition) is 3. The smallest absolute Gasteiger partial charge is 0.380 e. The van der Waals surface area contributed by atoms with Crippen molar-refractivity contribution in [3.05, 3.63) is 34.1 Å². The fraction of sp³-hybridized carbons (Fsp3) is 0.364. The van der Waals surface area contributed by atoms with Crippen molar-refractivity contribution >= 4 is 21.9 Å². The average molecular weight is 327 g/mol. The molecule has 1 N–H and O–H groups in total. The summed E-state index contributed by atoms with van der Waals surface area (Å²) in [5.74, 6) is -7.14. The van der Waals surface area contributed by atoms with Gasteiger partial charge in [-0.2, -0.15) is 8.78 Å². The van der Waals surface area contributed by atoms with Gasteiger partial charge in [0.05, 0.1) is 6.61 Å². The molecule has 0 spiro atoms. The third kappa shape index (κ3) is 3.02. The quantitative estimate of drug-likeness (QED) is 0.865. The number of ether oxygens (including phenoxy) is 1. The number of rotatable bonds is 4. The van der Waals surface area contributed by atoms with Crippen LogP contribution in [0, 0.1) is 5.82 Å². The Labute approximate surface area is 110 Å². The lowest BCUT2D eigenvalue weighted by Crippen LogP contribution is -2.37. The summed E-state index contributed by atoms with van der Waals surface area (Å²) in [5, 5.41) is 9.44. The first-order valence-corrected chi connectivity index (χ1v) is 5.78. The van der Waals surface area contributed by atoms with Gasteiger partial charge in [0.1, 0.15) is 5.82 Å². The molecular weight excluding hydrogens is 317 g/mol. The minimum absolute atomic E-state index is 0.262. The highest BCUT2D eigenvalue weighted by Crippen LogP contribution is 2.34. The zero-order valence-corrected chi connectivity index (χ0v) is 10.9. The topological polar surface area (TPSA) is 46.5 Å². The molecule has 1 aromatic rings. The van der Waals surface area contributed by atoms with Gasteiger partial charge in [-0.3, -0.25) is 0 Å². The molecule has 1 unspecified atom stereocenters.